The van der Waals surface area contributed by atoms with Gasteiger partial charge in [0.1, 0.15) is 12.6 Å². The van der Waals surface area contributed by atoms with E-state index in [2.05, 4.69) is 50.3 Å². The molecule has 0 rings (SSSR count). The Labute approximate surface area is 242 Å². The molecule has 0 aliphatic heterocycles. The van der Waals surface area contributed by atoms with Gasteiger partial charge in [0.15, 0.2) is 6.10 Å². The lowest BCUT2D eigenvalue weighted by atomic mass is 10.1. The maximum Gasteiger partial charge on any atom is 0.306 e. The Kier molecular flexibility index (Phi) is 22.5. The van der Waals surface area contributed by atoms with Crippen LogP contribution >= 0.6 is 0 Å². The number of allylic oxidation sites excluding steroid dienone is 8. The van der Waals surface area contributed by atoms with Crippen LogP contribution < -0.4 is 5.11 Å². The van der Waals surface area contributed by atoms with Crippen LogP contribution in [0.5, 0.6) is 0 Å². The van der Waals surface area contributed by atoms with Crippen molar-refractivity contribution in [1.29, 1.82) is 0 Å². The number of rotatable bonds is 24. The molecule has 8 heteroatoms. The second-order valence-electron chi connectivity index (χ2n) is 10.6. The van der Waals surface area contributed by atoms with Crippen LogP contribution in [0.4, 0.5) is 0 Å². The first-order valence-electron chi connectivity index (χ1n) is 14.7. The Morgan fingerprint density at radius 2 is 1.38 bits per heavy atom. The standard InChI is InChI=1S/C32H53NO7/c1-6-8-10-11-12-13-14-15-16-17-18-19-21-23-31(35)40-28(27-39-30(34)22-20-9-7-2)26-38-25-24-29(32(36)37)33(3,4)5/h8,10,12-13,15-16,18-19,28-29H,6-7,9,11,14,17,20-27H2,1-5H3/b10-8-,13-12-,16-15-,19-18-. The van der Waals surface area contributed by atoms with Crippen LogP contribution in [-0.2, 0) is 28.6 Å². The summed E-state index contributed by atoms with van der Waals surface area (Å²) in [5.74, 6) is -1.88. The summed E-state index contributed by atoms with van der Waals surface area (Å²) in [7, 11) is 5.33. The summed E-state index contributed by atoms with van der Waals surface area (Å²) in [5.41, 5.74) is 0. The van der Waals surface area contributed by atoms with Crippen molar-refractivity contribution < 1.29 is 38.2 Å². The monoisotopic (exact) mass is 563 g/mol. The van der Waals surface area contributed by atoms with Crippen molar-refractivity contribution >= 4 is 17.9 Å². The maximum atomic E-state index is 12.4. The summed E-state index contributed by atoms with van der Waals surface area (Å²) in [4.78, 5) is 35.9. The molecule has 0 fully saturated rings. The Morgan fingerprint density at radius 1 is 0.775 bits per heavy atom. The molecule has 0 aliphatic rings. The van der Waals surface area contributed by atoms with Gasteiger partial charge in [-0.05, 0) is 38.5 Å². The first kappa shape index (κ1) is 37.3. The van der Waals surface area contributed by atoms with Gasteiger partial charge in [0.25, 0.3) is 0 Å². The van der Waals surface area contributed by atoms with Gasteiger partial charge in [-0.1, -0.05) is 75.3 Å². The second kappa shape index (κ2) is 24.1. The Hall–Kier alpha value is -2.71. The highest BCUT2D eigenvalue weighted by atomic mass is 16.6. The Morgan fingerprint density at radius 3 is 1.93 bits per heavy atom. The molecule has 0 aliphatic carbocycles. The number of likely N-dealkylation sites (N-methyl/N-ethyl adjacent to an activating group) is 1. The number of esters is 2. The Bertz CT molecular complexity index is 809. The SMILES string of the molecule is CC/C=C\C/C=C\C/C=C\C/C=C\CCC(=O)OC(COCCC(C(=O)[O-])[N+](C)(C)C)COC(=O)CCCCC. The van der Waals surface area contributed by atoms with E-state index < -0.39 is 24.1 Å². The lowest BCUT2D eigenvalue weighted by Gasteiger charge is -2.34. The van der Waals surface area contributed by atoms with Gasteiger partial charge in [-0.2, -0.15) is 0 Å². The molecule has 0 bridgehead atoms. The summed E-state index contributed by atoms with van der Waals surface area (Å²) in [6, 6.07) is -0.733. The van der Waals surface area contributed by atoms with Gasteiger partial charge in [0, 0.05) is 19.3 Å². The van der Waals surface area contributed by atoms with E-state index in [0.29, 0.717) is 12.8 Å². The fourth-order valence-corrected chi connectivity index (χ4v) is 3.67. The van der Waals surface area contributed by atoms with Crippen LogP contribution in [0.3, 0.4) is 0 Å². The molecular weight excluding hydrogens is 510 g/mol. The molecular formula is C32H53NO7. The van der Waals surface area contributed by atoms with E-state index in [4.69, 9.17) is 14.2 Å². The highest BCUT2D eigenvalue weighted by Gasteiger charge is 2.25. The van der Waals surface area contributed by atoms with Crippen molar-refractivity contribution in [2.75, 3.05) is 41.0 Å². The van der Waals surface area contributed by atoms with Gasteiger partial charge in [0.2, 0.25) is 0 Å². The van der Waals surface area contributed by atoms with Crippen LogP contribution in [-0.4, -0.2) is 75.5 Å². The molecule has 0 aromatic carbocycles. The topological polar surface area (TPSA) is 102 Å². The van der Waals surface area contributed by atoms with Crippen LogP contribution in [0.1, 0.15) is 84.5 Å². The smallest absolute Gasteiger partial charge is 0.306 e. The zero-order chi connectivity index (χ0) is 30.1. The van der Waals surface area contributed by atoms with Gasteiger partial charge in [0.05, 0.1) is 40.3 Å². The number of quaternary nitrogens is 1. The van der Waals surface area contributed by atoms with E-state index in [1.165, 1.54) is 0 Å². The molecule has 0 heterocycles. The number of carboxylic acids is 1. The normalized spacial score (nSPS) is 13.9. The maximum absolute atomic E-state index is 12.4. The molecule has 40 heavy (non-hydrogen) atoms. The first-order valence-corrected chi connectivity index (χ1v) is 14.7. The van der Waals surface area contributed by atoms with E-state index in [0.717, 1.165) is 44.9 Å². The predicted molar refractivity (Wildman–Crippen MR) is 157 cm³/mol. The average Bonchev–Trinajstić information content (AvgIpc) is 2.88. The summed E-state index contributed by atoms with van der Waals surface area (Å²) >= 11 is 0. The van der Waals surface area contributed by atoms with Crippen molar-refractivity contribution in [2.45, 2.75) is 96.6 Å². The van der Waals surface area contributed by atoms with Crippen LogP contribution in [0, 0.1) is 0 Å². The number of hydrogen-bond donors (Lipinski definition) is 0. The summed E-state index contributed by atoms with van der Waals surface area (Å²) in [6.07, 6.45) is 23.7. The molecule has 0 saturated heterocycles. The van der Waals surface area contributed by atoms with E-state index in [-0.39, 0.29) is 43.1 Å². The number of carbonyl (C=O) groups excluding carboxylic acids is 3. The van der Waals surface area contributed by atoms with Crippen LogP contribution in [0.15, 0.2) is 48.6 Å². The van der Waals surface area contributed by atoms with Gasteiger partial charge in [-0.25, -0.2) is 0 Å². The molecule has 0 aromatic heterocycles. The lowest BCUT2D eigenvalue weighted by Crippen LogP contribution is -2.55. The number of hydrogen-bond acceptors (Lipinski definition) is 7. The minimum absolute atomic E-state index is 0.00879. The number of unbranched alkanes of at least 4 members (excludes halogenated alkanes) is 2. The summed E-state index contributed by atoms with van der Waals surface area (Å²) < 4.78 is 16.7. The molecule has 2 atom stereocenters. The third-order valence-electron chi connectivity index (χ3n) is 5.99. The lowest BCUT2D eigenvalue weighted by molar-refractivity contribution is -0.889. The Balaban J connectivity index is 4.57. The van der Waals surface area contributed by atoms with Crippen molar-refractivity contribution in [1.82, 2.24) is 0 Å². The minimum atomic E-state index is -1.14. The molecule has 0 spiro atoms. The number of carbonyl (C=O) groups is 3. The van der Waals surface area contributed by atoms with Gasteiger partial charge < -0.3 is 28.6 Å². The van der Waals surface area contributed by atoms with E-state index in [9.17, 15) is 19.5 Å². The van der Waals surface area contributed by atoms with Crippen molar-refractivity contribution in [3.63, 3.8) is 0 Å². The van der Waals surface area contributed by atoms with Crippen molar-refractivity contribution in [2.24, 2.45) is 0 Å². The molecule has 2 unspecified atom stereocenters. The average molecular weight is 564 g/mol. The second-order valence-corrected chi connectivity index (χ2v) is 10.6. The third-order valence-corrected chi connectivity index (χ3v) is 5.99. The van der Waals surface area contributed by atoms with Crippen molar-refractivity contribution in [3.8, 4) is 0 Å². The quantitative estimate of drug-likeness (QED) is 0.0717. The minimum Gasteiger partial charge on any atom is -0.544 e. The number of nitrogens with zero attached hydrogens (tertiary/aromatic N) is 1. The first-order chi connectivity index (χ1) is 19.1. The number of aliphatic carboxylic acids is 1. The fourth-order valence-electron chi connectivity index (χ4n) is 3.67. The van der Waals surface area contributed by atoms with Crippen molar-refractivity contribution in [3.05, 3.63) is 48.6 Å². The molecule has 228 valence electrons. The molecule has 8 nitrogen and oxygen atoms in total. The highest BCUT2D eigenvalue weighted by Crippen LogP contribution is 2.09. The van der Waals surface area contributed by atoms with Gasteiger partial charge in [-0.3, -0.25) is 9.59 Å². The molecule has 0 radical (unpaired) electrons. The third kappa shape index (κ3) is 22.1. The molecule has 0 amide bonds. The van der Waals surface area contributed by atoms with Crippen LogP contribution in [0.25, 0.3) is 0 Å². The summed E-state index contributed by atoms with van der Waals surface area (Å²) in [5, 5.41) is 11.4. The van der Waals surface area contributed by atoms with Gasteiger partial charge >= 0.3 is 11.9 Å². The number of ether oxygens (including phenoxy) is 3. The summed E-state index contributed by atoms with van der Waals surface area (Å²) in [6.45, 7) is 4.24. The predicted octanol–water partition coefficient (Wildman–Crippen LogP) is 4.84. The van der Waals surface area contributed by atoms with E-state index in [1.54, 1.807) is 21.1 Å². The zero-order valence-electron chi connectivity index (χ0n) is 25.5. The highest BCUT2D eigenvalue weighted by molar-refractivity contribution is 5.70. The largest absolute Gasteiger partial charge is 0.544 e. The van der Waals surface area contributed by atoms with E-state index >= 15 is 0 Å². The number of carboxylic acid groups (broad SMARTS) is 1. The van der Waals surface area contributed by atoms with Gasteiger partial charge in [-0.15, -0.1) is 0 Å². The zero-order valence-corrected chi connectivity index (χ0v) is 25.5. The van der Waals surface area contributed by atoms with E-state index in [1.807, 2.05) is 12.2 Å². The molecule has 0 saturated carbocycles. The molecule has 0 N–H and O–H groups in total. The van der Waals surface area contributed by atoms with Crippen LogP contribution in [0.2, 0.25) is 0 Å². The fraction of sp³-hybridized carbons (Fsp3) is 0.656. The molecule has 0 aromatic rings.